The lowest BCUT2D eigenvalue weighted by atomic mass is 9.81. The molecule has 0 radical (unpaired) electrons. The van der Waals surface area contributed by atoms with Gasteiger partial charge < -0.3 is 5.32 Å². The molecule has 1 aromatic carbocycles. The third kappa shape index (κ3) is 3.57. The van der Waals surface area contributed by atoms with Crippen LogP contribution in [0.15, 0.2) is 24.4 Å². The lowest BCUT2D eigenvalue weighted by Gasteiger charge is -2.25. The van der Waals surface area contributed by atoms with Gasteiger partial charge in [-0.25, -0.2) is 9.78 Å². The predicted molar refractivity (Wildman–Crippen MR) is 112 cm³/mol. The van der Waals surface area contributed by atoms with Gasteiger partial charge in [-0.2, -0.15) is 0 Å². The molecule has 0 saturated carbocycles. The molecular weight excluding hydrogens is 421 g/mol. The number of hydrogen-bond acceptors (Lipinski definition) is 5. The number of benzene rings is 1. The summed E-state index contributed by atoms with van der Waals surface area (Å²) >= 11 is 13.4. The molecule has 2 N–H and O–H groups in total. The summed E-state index contributed by atoms with van der Waals surface area (Å²) in [6, 6.07) is 5.35. The van der Waals surface area contributed by atoms with Crippen molar-refractivity contribution in [3.05, 3.63) is 39.3 Å². The Bertz CT molecular complexity index is 936. The minimum absolute atomic E-state index is 0.0170. The Balaban J connectivity index is 1.60. The summed E-state index contributed by atoms with van der Waals surface area (Å²) in [5, 5.41) is 6.57. The number of fused-ring (bicyclic) bond motifs is 2. The van der Waals surface area contributed by atoms with Crippen LogP contribution in [0, 0.1) is 0 Å². The van der Waals surface area contributed by atoms with Crippen molar-refractivity contribution in [1.82, 2.24) is 15.2 Å². The van der Waals surface area contributed by atoms with Gasteiger partial charge in [0.25, 0.3) is 0 Å². The molecule has 0 bridgehead atoms. The van der Waals surface area contributed by atoms with Gasteiger partial charge in [0.05, 0.1) is 12.7 Å². The first-order chi connectivity index (χ1) is 13.4. The number of aromatic nitrogens is 1. The number of urea groups is 1. The van der Waals surface area contributed by atoms with E-state index in [0.29, 0.717) is 34.1 Å². The molecule has 7 nitrogen and oxygen atoms in total. The van der Waals surface area contributed by atoms with Crippen LogP contribution in [0.5, 0.6) is 0 Å². The molecule has 148 valence electrons. The Morgan fingerprint density at radius 1 is 1.32 bits per heavy atom. The van der Waals surface area contributed by atoms with Crippen LogP contribution in [0.3, 0.4) is 0 Å². The summed E-state index contributed by atoms with van der Waals surface area (Å²) in [7, 11) is 1.63. The van der Waals surface area contributed by atoms with E-state index in [1.807, 2.05) is 12.1 Å². The number of carbonyl (C=O) groups is 2. The summed E-state index contributed by atoms with van der Waals surface area (Å²) in [6.45, 7) is 2.35. The third-order valence-corrected chi connectivity index (χ3v) is 6.56. The summed E-state index contributed by atoms with van der Waals surface area (Å²) < 4.78 is 0.515. The summed E-state index contributed by atoms with van der Waals surface area (Å²) in [5.41, 5.74) is 1.64. The van der Waals surface area contributed by atoms with Crippen molar-refractivity contribution >= 4 is 57.3 Å². The largest absolute Gasteiger partial charge is 0.358 e. The first kappa shape index (κ1) is 19.4. The predicted octanol–water partition coefficient (Wildman–Crippen LogP) is 3.19. The Kier molecular flexibility index (Phi) is 5.22. The quantitative estimate of drug-likeness (QED) is 0.769. The maximum atomic E-state index is 12.9. The van der Waals surface area contributed by atoms with E-state index < -0.39 is 0 Å². The molecule has 2 aromatic rings. The topological polar surface area (TPSA) is 77.6 Å². The molecule has 2 aliphatic rings. The van der Waals surface area contributed by atoms with Crippen molar-refractivity contribution in [3.63, 3.8) is 0 Å². The number of nitrogens with one attached hydrogen (secondary N) is 2. The van der Waals surface area contributed by atoms with Gasteiger partial charge in [0.1, 0.15) is 4.34 Å². The van der Waals surface area contributed by atoms with Crippen molar-refractivity contribution in [3.8, 4) is 0 Å². The SMILES string of the molecule is CNC(=O)CN1CCC2(C1)CN(C(=O)Nc1ncc(Cl)s1)c1ccc(Cl)cc12. The molecule has 1 spiro atoms. The van der Waals surface area contributed by atoms with E-state index in [9.17, 15) is 9.59 Å². The molecule has 1 atom stereocenters. The van der Waals surface area contributed by atoms with Crippen LogP contribution in [0.4, 0.5) is 15.6 Å². The number of likely N-dealkylation sites (tertiary alicyclic amines) is 1. The highest BCUT2D eigenvalue weighted by Crippen LogP contribution is 2.47. The van der Waals surface area contributed by atoms with Crippen molar-refractivity contribution in [2.24, 2.45) is 0 Å². The van der Waals surface area contributed by atoms with E-state index >= 15 is 0 Å². The van der Waals surface area contributed by atoms with E-state index in [1.165, 1.54) is 17.5 Å². The highest BCUT2D eigenvalue weighted by Gasteiger charge is 2.49. The van der Waals surface area contributed by atoms with Crippen LogP contribution >= 0.6 is 34.5 Å². The zero-order valence-electron chi connectivity index (χ0n) is 15.2. The molecule has 1 fully saturated rings. The van der Waals surface area contributed by atoms with E-state index in [-0.39, 0.29) is 17.4 Å². The maximum Gasteiger partial charge on any atom is 0.328 e. The van der Waals surface area contributed by atoms with Gasteiger partial charge in [-0.15, -0.1) is 0 Å². The van der Waals surface area contributed by atoms with Gasteiger partial charge in [-0.3, -0.25) is 19.9 Å². The lowest BCUT2D eigenvalue weighted by molar-refractivity contribution is -0.121. The van der Waals surface area contributed by atoms with Crippen LogP contribution in [0.2, 0.25) is 9.36 Å². The van der Waals surface area contributed by atoms with Gasteiger partial charge in [0.15, 0.2) is 5.13 Å². The Labute approximate surface area is 176 Å². The second-order valence-electron chi connectivity index (χ2n) is 7.06. The highest BCUT2D eigenvalue weighted by molar-refractivity contribution is 7.19. The number of halogens is 2. The number of amides is 3. The van der Waals surface area contributed by atoms with Crippen molar-refractivity contribution in [2.75, 3.05) is 43.4 Å². The zero-order chi connectivity index (χ0) is 19.9. The minimum atomic E-state index is -0.254. The van der Waals surface area contributed by atoms with Gasteiger partial charge in [0.2, 0.25) is 5.91 Å². The molecule has 0 aliphatic carbocycles. The highest BCUT2D eigenvalue weighted by atomic mass is 35.5. The van der Waals surface area contributed by atoms with E-state index in [4.69, 9.17) is 23.2 Å². The minimum Gasteiger partial charge on any atom is -0.358 e. The van der Waals surface area contributed by atoms with Crippen LogP contribution < -0.4 is 15.5 Å². The fraction of sp³-hybridized carbons (Fsp3) is 0.389. The normalized spacial score (nSPS) is 21.2. The number of carbonyl (C=O) groups excluding carboxylic acids is 2. The molecular formula is C18H19Cl2N5O2S. The Morgan fingerprint density at radius 2 is 2.14 bits per heavy atom. The van der Waals surface area contributed by atoms with Crippen molar-refractivity contribution < 1.29 is 9.59 Å². The second-order valence-corrected chi connectivity index (χ2v) is 9.16. The van der Waals surface area contributed by atoms with Gasteiger partial charge in [0, 0.05) is 36.3 Å². The molecule has 3 amide bonds. The van der Waals surface area contributed by atoms with Gasteiger partial charge >= 0.3 is 6.03 Å². The second kappa shape index (κ2) is 7.51. The van der Waals surface area contributed by atoms with E-state index in [2.05, 4.69) is 20.5 Å². The van der Waals surface area contributed by atoms with Crippen LogP contribution in [-0.2, 0) is 10.2 Å². The summed E-state index contributed by atoms with van der Waals surface area (Å²) in [4.78, 5) is 32.7. The molecule has 1 saturated heterocycles. The van der Waals surface area contributed by atoms with Gasteiger partial charge in [-0.1, -0.05) is 34.5 Å². The summed E-state index contributed by atoms with van der Waals surface area (Å²) in [6.07, 6.45) is 2.36. The molecule has 1 unspecified atom stereocenters. The zero-order valence-corrected chi connectivity index (χ0v) is 17.5. The number of rotatable bonds is 3. The van der Waals surface area contributed by atoms with Crippen molar-refractivity contribution in [2.45, 2.75) is 11.8 Å². The molecule has 28 heavy (non-hydrogen) atoms. The molecule has 10 heteroatoms. The smallest absolute Gasteiger partial charge is 0.328 e. The average molecular weight is 440 g/mol. The Hall–Kier alpha value is -1.87. The monoisotopic (exact) mass is 439 g/mol. The number of likely N-dealkylation sites (N-methyl/N-ethyl adjacent to an activating group) is 1. The van der Waals surface area contributed by atoms with E-state index in [1.54, 1.807) is 18.0 Å². The number of anilines is 2. The van der Waals surface area contributed by atoms with Crippen molar-refractivity contribution in [1.29, 1.82) is 0 Å². The molecule has 4 rings (SSSR count). The third-order valence-electron chi connectivity index (χ3n) is 5.30. The Morgan fingerprint density at radius 3 is 2.86 bits per heavy atom. The molecule has 3 heterocycles. The number of hydrogen-bond donors (Lipinski definition) is 2. The van der Waals surface area contributed by atoms with Crippen LogP contribution in [-0.4, -0.2) is 55.0 Å². The maximum absolute atomic E-state index is 12.9. The molecule has 1 aromatic heterocycles. The average Bonchev–Trinajstić information content (AvgIpc) is 3.34. The van der Waals surface area contributed by atoms with E-state index in [0.717, 1.165) is 24.2 Å². The van der Waals surface area contributed by atoms with Gasteiger partial charge in [-0.05, 0) is 36.7 Å². The van der Waals surface area contributed by atoms with Crippen LogP contribution in [0.25, 0.3) is 0 Å². The number of thiazole rings is 1. The lowest BCUT2D eigenvalue weighted by Crippen LogP contribution is -2.42. The number of nitrogens with zero attached hydrogens (tertiary/aromatic N) is 3. The standard InChI is InChI=1S/C18H19Cl2N5O2S/c1-21-15(26)8-24-5-4-18(9-24)10-25(13-3-2-11(19)6-12(13)18)17(27)23-16-22-7-14(20)28-16/h2-3,6-7H,4-5,8-10H2,1H3,(H,21,26)(H,22,23,27). The first-order valence-electron chi connectivity index (χ1n) is 8.83. The summed E-state index contributed by atoms with van der Waals surface area (Å²) in [5.74, 6) is -0.0170. The fourth-order valence-electron chi connectivity index (χ4n) is 4.02. The first-order valence-corrected chi connectivity index (χ1v) is 10.4. The fourth-order valence-corrected chi connectivity index (χ4v) is 4.99. The molecule has 2 aliphatic heterocycles. The van der Waals surface area contributed by atoms with Crippen LogP contribution in [0.1, 0.15) is 12.0 Å².